The Morgan fingerprint density at radius 3 is 2.47 bits per heavy atom. The van der Waals surface area contributed by atoms with E-state index in [2.05, 4.69) is 10.3 Å². The highest BCUT2D eigenvalue weighted by Gasteiger charge is 2.09. The topological polar surface area (TPSA) is 52.5 Å². The molecule has 0 saturated heterocycles. The van der Waals surface area contributed by atoms with Crippen LogP contribution >= 0.6 is 0 Å². The van der Waals surface area contributed by atoms with Gasteiger partial charge in [-0.05, 0) is 5.56 Å². The minimum absolute atomic E-state index is 0.217. The first-order valence-corrected chi connectivity index (χ1v) is 5.53. The van der Waals surface area contributed by atoms with Crippen LogP contribution in [0.4, 0.5) is 5.69 Å². The number of amidine groups is 1. The Bertz CT molecular complexity index is 561. The van der Waals surface area contributed by atoms with Gasteiger partial charge in [-0.15, -0.1) is 5.69 Å². The monoisotopic (exact) mass is 222 g/mol. The van der Waals surface area contributed by atoms with Crippen molar-refractivity contribution in [2.24, 2.45) is 10.7 Å². The van der Waals surface area contributed by atoms with Crippen molar-refractivity contribution in [2.45, 2.75) is 6.17 Å². The van der Waals surface area contributed by atoms with E-state index in [1.807, 2.05) is 54.6 Å². The van der Waals surface area contributed by atoms with Gasteiger partial charge in [0, 0.05) is 11.7 Å². The summed E-state index contributed by atoms with van der Waals surface area (Å²) < 4.78 is 0. The zero-order valence-corrected chi connectivity index (χ0v) is 9.25. The number of para-hydroxylation sites is 1. The highest BCUT2D eigenvalue weighted by atomic mass is 15.1. The third-order valence-corrected chi connectivity index (χ3v) is 2.80. The summed E-state index contributed by atoms with van der Waals surface area (Å²) in [5.41, 5.74) is 8.85. The highest BCUT2D eigenvalue weighted by Crippen LogP contribution is 2.38. The minimum atomic E-state index is -0.217. The SMILES string of the molecule is NC1=NC(c2ccccc2)[N-]c2ccccc21. The van der Waals surface area contributed by atoms with E-state index in [-0.39, 0.29) is 6.17 Å². The van der Waals surface area contributed by atoms with Crippen molar-refractivity contribution < 1.29 is 0 Å². The Morgan fingerprint density at radius 2 is 1.65 bits per heavy atom. The average Bonchev–Trinajstić information content (AvgIpc) is 2.40. The van der Waals surface area contributed by atoms with Crippen molar-refractivity contribution >= 4 is 11.5 Å². The predicted molar refractivity (Wildman–Crippen MR) is 69.4 cm³/mol. The van der Waals surface area contributed by atoms with Crippen LogP contribution in [0.1, 0.15) is 17.3 Å². The maximum absolute atomic E-state index is 5.96. The number of fused-ring (bicyclic) bond motifs is 1. The molecule has 17 heavy (non-hydrogen) atoms. The molecule has 0 bridgehead atoms. The van der Waals surface area contributed by atoms with Gasteiger partial charge in [-0.1, -0.05) is 54.6 Å². The van der Waals surface area contributed by atoms with Gasteiger partial charge < -0.3 is 11.1 Å². The molecular weight excluding hydrogens is 210 g/mol. The first-order valence-electron chi connectivity index (χ1n) is 5.53. The molecule has 0 fully saturated rings. The van der Waals surface area contributed by atoms with E-state index in [0.717, 1.165) is 16.8 Å². The molecule has 1 unspecified atom stereocenters. The lowest BCUT2D eigenvalue weighted by molar-refractivity contribution is 0.869. The summed E-state index contributed by atoms with van der Waals surface area (Å²) in [6.45, 7) is 0. The van der Waals surface area contributed by atoms with Crippen LogP contribution in [0.25, 0.3) is 5.32 Å². The standard InChI is InChI=1S/C14H12N3/c15-13-11-8-4-5-9-12(11)16-14(17-13)10-6-2-1-3-7-10/h1-9,14H,(H2,15,17)/q-1. The molecule has 2 aromatic carbocycles. The first-order chi connectivity index (χ1) is 8.34. The van der Waals surface area contributed by atoms with Gasteiger partial charge in [0.05, 0.1) is 0 Å². The number of nitrogens with zero attached hydrogens (tertiary/aromatic N) is 2. The van der Waals surface area contributed by atoms with E-state index < -0.39 is 0 Å². The largest absolute Gasteiger partial charge is 0.659 e. The van der Waals surface area contributed by atoms with Crippen molar-refractivity contribution in [2.75, 3.05) is 0 Å². The number of rotatable bonds is 1. The van der Waals surface area contributed by atoms with Crippen molar-refractivity contribution in [1.29, 1.82) is 0 Å². The quantitative estimate of drug-likeness (QED) is 0.791. The maximum Gasteiger partial charge on any atom is 0.123 e. The van der Waals surface area contributed by atoms with E-state index in [1.165, 1.54) is 0 Å². The molecular formula is C14H12N3-. The number of hydrogen-bond acceptors (Lipinski definition) is 2. The normalized spacial score (nSPS) is 17.9. The van der Waals surface area contributed by atoms with Crippen LogP contribution in [-0.2, 0) is 0 Å². The van der Waals surface area contributed by atoms with Crippen LogP contribution < -0.4 is 5.73 Å². The van der Waals surface area contributed by atoms with Gasteiger partial charge in [-0.3, -0.25) is 4.99 Å². The van der Waals surface area contributed by atoms with Gasteiger partial charge in [0.15, 0.2) is 0 Å². The minimum Gasteiger partial charge on any atom is -0.659 e. The second kappa shape index (κ2) is 3.94. The smallest absolute Gasteiger partial charge is 0.123 e. The molecule has 3 rings (SSSR count). The average molecular weight is 222 g/mol. The van der Waals surface area contributed by atoms with Gasteiger partial charge in [0.25, 0.3) is 0 Å². The van der Waals surface area contributed by atoms with Gasteiger partial charge >= 0.3 is 0 Å². The lowest BCUT2D eigenvalue weighted by atomic mass is 10.1. The van der Waals surface area contributed by atoms with Crippen molar-refractivity contribution in [3.05, 3.63) is 71.0 Å². The second-order valence-corrected chi connectivity index (χ2v) is 3.94. The van der Waals surface area contributed by atoms with Gasteiger partial charge in [-0.25, -0.2) is 0 Å². The molecule has 1 atom stereocenters. The molecule has 2 aromatic rings. The van der Waals surface area contributed by atoms with Gasteiger partial charge in [-0.2, -0.15) is 0 Å². The van der Waals surface area contributed by atoms with Crippen LogP contribution in [0.2, 0.25) is 0 Å². The molecule has 1 aliphatic rings. The van der Waals surface area contributed by atoms with Crippen LogP contribution in [-0.4, -0.2) is 5.84 Å². The predicted octanol–water partition coefficient (Wildman–Crippen LogP) is 3.11. The van der Waals surface area contributed by atoms with E-state index in [4.69, 9.17) is 5.73 Å². The van der Waals surface area contributed by atoms with Crippen LogP contribution in [0.3, 0.4) is 0 Å². The third-order valence-electron chi connectivity index (χ3n) is 2.80. The summed E-state index contributed by atoms with van der Waals surface area (Å²) >= 11 is 0. The third kappa shape index (κ3) is 1.76. The van der Waals surface area contributed by atoms with Crippen LogP contribution in [0.15, 0.2) is 59.6 Å². The summed E-state index contributed by atoms with van der Waals surface area (Å²) in [5, 5.41) is 4.60. The van der Waals surface area contributed by atoms with Crippen molar-refractivity contribution in [3.63, 3.8) is 0 Å². The molecule has 1 aliphatic heterocycles. The zero-order chi connectivity index (χ0) is 11.7. The second-order valence-electron chi connectivity index (χ2n) is 3.94. The molecule has 0 amide bonds. The number of benzene rings is 2. The van der Waals surface area contributed by atoms with Crippen LogP contribution in [0.5, 0.6) is 0 Å². The van der Waals surface area contributed by atoms with E-state index in [9.17, 15) is 0 Å². The Kier molecular flexibility index (Phi) is 2.29. The molecule has 0 spiro atoms. The number of hydrogen-bond donors (Lipinski definition) is 1. The lowest BCUT2D eigenvalue weighted by Gasteiger charge is -2.36. The molecule has 1 heterocycles. The van der Waals surface area contributed by atoms with Crippen LogP contribution in [0, 0.1) is 0 Å². The zero-order valence-electron chi connectivity index (χ0n) is 9.25. The molecule has 3 nitrogen and oxygen atoms in total. The van der Waals surface area contributed by atoms with E-state index in [1.54, 1.807) is 0 Å². The van der Waals surface area contributed by atoms with E-state index >= 15 is 0 Å². The first kappa shape index (κ1) is 9.90. The Labute approximate surface area is 100.0 Å². The fourth-order valence-electron chi connectivity index (χ4n) is 1.94. The van der Waals surface area contributed by atoms with Crippen molar-refractivity contribution in [3.8, 4) is 0 Å². The Morgan fingerprint density at radius 1 is 0.941 bits per heavy atom. The number of aliphatic imine (C=N–C) groups is 1. The molecule has 0 aromatic heterocycles. The molecule has 3 heteroatoms. The number of nitrogens with two attached hydrogens (primary N) is 1. The molecule has 0 radical (unpaired) electrons. The summed E-state index contributed by atoms with van der Waals surface area (Å²) in [5.74, 6) is 0.560. The highest BCUT2D eigenvalue weighted by molar-refractivity contribution is 6.04. The fraction of sp³-hybridized carbons (Fsp3) is 0.0714. The van der Waals surface area contributed by atoms with Gasteiger partial charge in [0.2, 0.25) is 0 Å². The van der Waals surface area contributed by atoms with Gasteiger partial charge in [0.1, 0.15) is 5.84 Å². The summed E-state index contributed by atoms with van der Waals surface area (Å²) in [6.07, 6.45) is -0.217. The molecule has 0 aliphatic carbocycles. The van der Waals surface area contributed by atoms with E-state index in [0.29, 0.717) is 5.84 Å². The molecule has 84 valence electrons. The molecule has 2 N–H and O–H groups in total. The molecule has 0 saturated carbocycles. The fourth-order valence-corrected chi connectivity index (χ4v) is 1.94. The summed E-state index contributed by atoms with van der Waals surface area (Å²) in [4.78, 5) is 4.42. The maximum atomic E-state index is 5.96. The van der Waals surface area contributed by atoms with Crippen molar-refractivity contribution in [1.82, 2.24) is 0 Å². The Hall–Kier alpha value is -2.29. The summed E-state index contributed by atoms with van der Waals surface area (Å²) in [6, 6.07) is 17.8. The Balaban J connectivity index is 2.02. The lowest BCUT2D eigenvalue weighted by Crippen LogP contribution is -2.18. The summed E-state index contributed by atoms with van der Waals surface area (Å²) in [7, 11) is 0.